The highest BCUT2D eigenvalue weighted by Gasteiger charge is 2.17. The zero-order chi connectivity index (χ0) is 29.0. The number of rotatable bonds is 14. The molecule has 0 radical (unpaired) electrons. The van der Waals surface area contributed by atoms with Crippen LogP contribution in [0.3, 0.4) is 0 Å². The average molecular weight is 561 g/mol. The summed E-state index contributed by atoms with van der Waals surface area (Å²) in [5.74, 6) is 1.54. The van der Waals surface area contributed by atoms with E-state index in [1.807, 2.05) is 42.5 Å². The van der Waals surface area contributed by atoms with E-state index in [1.54, 1.807) is 43.4 Å². The first-order chi connectivity index (χ1) is 20.0. The third-order valence-electron chi connectivity index (χ3n) is 6.85. The minimum Gasteiger partial charge on any atom is -0.494 e. The van der Waals surface area contributed by atoms with E-state index in [0.29, 0.717) is 68.1 Å². The second kappa shape index (κ2) is 14.7. The predicted molar refractivity (Wildman–Crippen MR) is 155 cm³/mol. The number of anilines is 1. The van der Waals surface area contributed by atoms with E-state index in [1.165, 1.54) is 0 Å². The molecule has 0 saturated heterocycles. The first-order valence-corrected chi connectivity index (χ1v) is 13.7. The second-order valence-corrected chi connectivity index (χ2v) is 9.64. The van der Waals surface area contributed by atoms with Gasteiger partial charge in [0, 0.05) is 25.1 Å². The fourth-order valence-corrected chi connectivity index (χ4v) is 4.59. The zero-order valence-corrected chi connectivity index (χ0v) is 23.5. The molecule has 4 rings (SSSR count). The highest BCUT2D eigenvalue weighted by molar-refractivity contribution is 5.94. The smallest absolute Gasteiger partial charge is 0.338 e. The molecule has 0 saturated carbocycles. The van der Waals surface area contributed by atoms with Crippen molar-refractivity contribution in [3.8, 4) is 17.2 Å². The van der Waals surface area contributed by atoms with Gasteiger partial charge in [-0.15, -0.1) is 0 Å². The maximum Gasteiger partial charge on any atom is 0.338 e. The van der Waals surface area contributed by atoms with Crippen molar-refractivity contribution in [2.45, 2.75) is 32.1 Å². The van der Waals surface area contributed by atoms with Crippen molar-refractivity contribution in [2.75, 3.05) is 45.8 Å². The molecule has 0 bridgehead atoms. The summed E-state index contributed by atoms with van der Waals surface area (Å²) in [6, 6.07) is 20.1. The minimum atomic E-state index is -0.420. The van der Waals surface area contributed by atoms with Gasteiger partial charge in [0.2, 0.25) is 11.8 Å². The van der Waals surface area contributed by atoms with Crippen molar-refractivity contribution < 1.29 is 33.3 Å². The summed E-state index contributed by atoms with van der Waals surface area (Å²) >= 11 is 0. The van der Waals surface area contributed by atoms with Crippen molar-refractivity contribution in [1.29, 1.82) is 0 Å². The summed E-state index contributed by atoms with van der Waals surface area (Å²) in [5.41, 5.74) is 3.33. The molecule has 1 heterocycles. The summed E-state index contributed by atoms with van der Waals surface area (Å²) in [6.45, 7) is 1.20. The summed E-state index contributed by atoms with van der Waals surface area (Å²) in [5, 5.41) is 2.86. The van der Waals surface area contributed by atoms with Crippen LogP contribution >= 0.6 is 0 Å². The molecular weight excluding hydrogens is 524 g/mol. The van der Waals surface area contributed by atoms with Gasteiger partial charge in [0.05, 0.1) is 32.9 Å². The van der Waals surface area contributed by atoms with Crippen LogP contribution < -0.4 is 19.5 Å². The SMILES string of the molecule is COc1ccc(CCN(CCOC(=O)c2ccccc2)C(=O)CCCOc2ccc3c(c2)CCC(=O)N3)cc1OC. The molecule has 9 heteroatoms. The van der Waals surface area contributed by atoms with Gasteiger partial charge >= 0.3 is 5.97 Å². The van der Waals surface area contributed by atoms with Crippen LogP contribution in [0.2, 0.25) is 0 Å². The number of esters is 1. The number of amides is 2. The van der Waals surface area contributed by atoms with E-state index < -0.39 is 5.97 Å². The molecule has 41 heavy (non-hydrogen) atoms. The second-order valence-electron chi connectivity index (χ2n) is 9.64. The largest absolute Gasteiger partial charge is 0.494 e. The number of methoxy groups -OCH3 is 2. The Morgan fingerprint density at radius 3 is 2.46 bits per heavy atom. The van der Waals surface area contributed by atoms with Crippen molar-refractivity contribution in [2.24, 2.45) is 0 Å². The average Bonchev–Trinajstić information content (AvgIpc) is 3.00. The van der Waals surface area contributed by atoms with Crippen molar-refractivity contribution in [1.82, 2.24) is 4.90 Å². The molecule has 0 unspecified atom stereocenters. The van der Waals surface area contributed by atoms with Crippen LogP contribution in [-0.4, -0.2) is 63.2 Å². The van der Waals surface area contributed by atoms with Crippen LogP contribution in [0.4, 0.5) is 5.69 Å². The van der Waals surface area contributed by atoms with Gasteiger partial charge in [-0.1, -0.05) is 24.3 Å². The summed E-state index contributed by atoms with van der Waals surface area (Å²) in [4.78, 5) is 38.9. The monoisotopic (exact) mass is 560 g/mol. The topological polar surface area (TPSA) is 103 Å². The fraction of sp³-hybridized carbons (Fsp3) is 0.344. The Kier molecular flexibility index (Phi) is 10.6. The van der Waals surface area contributed by atoms with Gasteiger partial charge in [-0.3, -0.25) is 9.59 Å². The number of hydrogen-bond acceptors (Lipinski definition) is 7. The first kappa shape index (κ1) is 29.5. The van der Waals surface area contributed by atoms with Crippen LogP contribution in [0, 0.1) is 0 Å². The molecule has 2 amide bonds. The van der Waals surface area contributed by atoms with E-state index in [2.05, 4.69) is 5.32 Å². The molecule has 0 atom stereocenters. The Bertz CT molecular complexity index is 1340. The lowest BCUT2D eigenvalue weighted by molar-refractivity contribution is -0.132. The van der Waals surface area contributed by atoms with Crippen LogP contribution in [0.1, 0.15) is 40.7 Å². The Labute approximate surface area is 240 Å². The number of carbonyl (C=O) groups excluding carboxylic acids is 3. The quantitative estimate of drug-likeness (QED) is 0.226. The molecule has 216 valence electrons. The lowest BCUT2D eigenvalue weighted by Crippen LogP contribution is -2.36. The number of nitrogens with one attached hydrogen (secondary N) is 1. The van der Waals surface area contributed by atoms with Crippen LogP contribution in [0.25, 0.3) is 0 Å². The zero-order valence-electron chi connectivity index (χ0n) is 23.5. The number of nitrogens with zero attached hydrogens (tertiary/aromatic N) is 1. The lowest BCUT2D eigenvalue weighted by Gasteiger charge is -2.23. The molecule has 0 aromatic heterocycles. The summed E-state index contributed by atoms with van der Waals surface area (Å²) < 4.78 is 22.1. The molecule has 0 aliphatic carbocycles. The Balaban J connectivity index is 1.31. The van der Waals surface area contributed by atoms with Crippen molar-refractivity contribution in [3.63, 3.8) is 0 Å². The molecule has 9 nitrogen and oxygen atoms in total. The normalized spacial score (nSPS) is 12.1. The maximum absolute atomic E-state index is 13.2. The summed E-state index contributed by atoms with van der Waals surface area (Å²) in [6.07, 6.45) is 2.56. The standard InChI is InChI=1S/C32H36N2O7/c1-38-28-14-10-23(21-29(28)39-2)16-17-34(18-20-41-32(37)24-7-4-3-5-8-24)31(36)9-6-19-40-26-12-13-27-25(22-26)11-15-30(35)33-27/h3-5,7-8,10,12-14,21-22H,6,9,11,15-20H2,1-2H3,(H,33,35). The lowest BCUT2D eigenvalue weighted by atomic mass is 10.0. The van der Waals surface area contributed by atoms with Gasteiger partial charge in [-0.25, -0.2) is 4.79 Å². The molecule has 3 aromatic rings. The van der Waals surface area contributed by atoms with E-state index in [9.17, 15) is 14.4 Å². The predicted octanol–water partition coefficient (Wildman–Crippen LogP) is 4.68. The molecular formula is C32H36N2O7. The van der Waals surface area contributed by atoms with Crippen LogP contribution in [0.5, 0.6) is 17.2 Å². The van der Waals surface area contributed by atoms with Crippen molar-refractivity contribution >= 4 is 23.5 Å². The Morgan fingerprint density at radius 1 is 0.878 bits per heavy atom. The van der Waals surface area contributed by atoms with Gasteiger partial charge < -0.3 is 29.2 Å². The Hall–Kier alpha value is -4.53. The number of hydrogen-bond donors (Lipinski definition) is 1. The number of benzene rings is 3. The number of carbonyl (C=O) groups is 3. The molecule has 0 fully saturated rings. The van der Waals surface area contributed by atoms with E-state index in [4.69, 9.17) is 18.9 Å². The van der Waals surface area contributed by atoms with Gasteiger partial charge in [-0.05, 0) is 72.9 Å². The minimum absolute atomic E-state index is 0.0233. The number of fused-ring (bicyclic) bond motifs is 1. The fourth-order valence-electron chi connectivity index (χ4n) is 4.59. The molecule has 0 spiro atoms. The highest BCUT2D eigenvalue weighted by atomic mass is 16.5. The molecule has 1 aliphatic heterocycles. The van der Waals surface area contributed by atoms with Gasteiger partial charge in [0.15, 0.2) is 11.5 Å². The third kappa shape index (κ3) is 8.48. The van der Waals surface area contributed by atoms with Gasteiger partial charge in [0.1, 0.15) is 12.4 Å². The summed E-state index contributed by atoms with van der Waals surface area (Å²) in [7, 11) is 3.17. The van der Waals surface area contributed by atoms with Crippen molar-refractivity contribution in [3.05, 3.63) is 83.4 Å². The molecule has 1 aliphatic rings. The number of ether oxygens (including phenoxy) is 4. The highest BCUT2D eigenvalue weighted by Crippen LogP contribution is 2.28. The van der Waals surface area contributed by atoms with Gasteiger partial charge in [-0.2, -0.15) is 0 Å². The number of aryl methyl sites for hydroxylation is 1. The first-order valence-electron chi connectivity index (χ1n) is 13.7. The Morgan fingerprint density at radius 2 is 1.68 bits per heavy atom. The van der Waals surface area contributed by atoms with Crippen LogP contribution in [0.15, 0.2) is 66.7 Å². The maximum atomic E-state index is 13.2. The third-order valence-corrected chi connectivity index (χ3v) is 6.85. The van der Waals surface area contributed by atoms with E-state index >= 15 is 0 Å². The molecule has 1 N–H and O–H groups in total. The van der Waals surface area contributed by atoms with E-state index in [-0.39, 0.29) is 25.0 Å². The van der Waals surface area contributed by atoms with E-state index in [0.717, 1.165) is 16.8 Å². The van der Waals surface area contributed by atoms with Crippen LogP contribution in [-0.2, 0) is 27.2 Å². The molecule has 3 aromatic carbocycles. The van der Waals surface area contributed by atoms with Gasteiger partial charge in [0.25, 0.3) is 0 Å².